The molecule has 0 aromatic carbocycles. The van der Waals surface area contributed by atoms with Gasteiger partial charge in [-0.25, -0.2) is 4.98 Å². The van der Waals surface area contributed by atoms with Crippen LogP contribution in [0.1, 0.15) is 36.0 Å². The van der Waals surface area contributed by atoms with Crippen molar-refractivity contribution in [3.05, 3.63) is 23.9 Å². The summed E-state index contributed by atoms with van der Waals surface area (Å²) < 4.78 is 0. The van der Waals surface area contributed by atoms with Crippen LogP contribution in [-0.4, -0.2) is 34.3 Å². The van der Waals surface area contributed by atoms with Gasteiger partial charge in [0.1, 0.15) is 5.03 Å². The van der Waals surface area contributed by atoms with E-state index in [1.54, 1.807) is 18.3 Å². The molecule has 1 saturated carbocycles. The first-order chi connectivity index (χ1) is 9.61. The Morgan fingerprint density at radius 1 is 1.45 bits per heavy atom. The zero-order chi connectivity index (χ0) is 14.5. The van der Waals surface area contributed by atoms with Crippen LogP contribution in [-0.2, 0) is 4.79 Å². The van der Waals surface area contributed by atoms with E-state index in [0.717, 1.165) is 12.8 Å². The first-order valence-corrected chi connectivity index (χ1v) is 7.87. The van der Waals surface area contributed by atoms with Crippen molar-refractivity contribution in [2.24, 2.45) is 5.92 Å². The molecule has 2 N–H and O–H groups in total. The Morgan fingerprint density at radius 2 is 2.25 bits per heavy atom. The van der Waals surface area contributed by atoms with E-state index in [2.05, 4.69) is 10.3 Å². The van der Waals surface area contributed by atoms with Crippen molar-refractivity contribution in [3.63, 3.8) is 0 Å². The molecule has 0 bridgehead atoms. The molecule has 108 valence electrons. The number of hydrogen-bond acceptors (Lipinski definition) is 4. The molecular weight excluding hydrogens is 276 g/mol. The van der Waals surface area contributed by atoms with Crippen molar-refractivity contribution in [1.29, 1.82) is 0 Å². The summed E-state index contributed by atoms with van der Waals surface area (Å²) in [5.74, 6) is -1.28. The fourth-order valence-electron chi connectivity index (χ4n) is 2.53. The van der Waals surface area contributed by atoms with Crippen LogP contribution in [0, 0.1) is 5.92 Å². The topological polar surface area (TPSA) is 79.3 Å². The molecule has 5 nitrogen and oxygen atoms in total. The maximum absolute atomic E-state index is 12.3. The molecule has 1 fully saturated rings. The number of carboxylic acids is 1. The highest BCUT2D eigenvalue weighted by atomic mass is 32.2. The fraction of sp³-hybridized carbons (Fsp3) is 0.500. The molecule has 2 unspecified atom stereocenters. The standard InChI is InChI=1S/C14H18N2O3S/c1-20-13-11(6-3-7-15-13)12(17)16-10-5-2-4-9(8-10)14(18)19/h3,6-7,9-10H,2,4-5,8H2,1H3,(H,16,17)(H,18,19). The molecule has 0 saturated heterocycles. The summed E-state index contributed by atoms with van der Waals surface area (Å²) in [6.45, 7) is 0. The van der Waals surface area contributed by atoms with Gasteiger partial charge in [0.25, 0.3) is 5.91 Å². The monoisotopic (exact) mass is 294 g/mol. The molecule has 1 aliphatic rings. The van der Waals surface area contributed by atoms with Crippen LogP contribution in [0.5, 0.6) is 0 Å². The SMILES string of the molecule is CSc1ncccc1C(=O)NC1CCCC(C(=O)O)C1. The van der Waals surface area contributed by atoms with Crippen molar-refractivity contribution in [2.75, 3.05) is 6.26 Å². The molecule has 6 heteroatoms. The van der Waals surface area contributed by atoms with Gasteiger partial charge < -0.3 is 10.4 Å². The van der Waals surface area contributed by atoms with Crippen LogP contribution < -0.4 is 5.32 Å². The van der Waals surface area contributed by atoms with E-state index in [-0.39, 0.29) is 17.9 Å². The molecule has 1 amide bonds. The van der Waals surface area contributed by atoms with E-state index in [0.29, 0.717) is 23.4 Å². The summed E-state index contributed by atoms with van der Waals surface area (Å²) in [6, 6.07) is 3.41. The highest BCUT2D eigenvalue weighted by Gasteiger charge is 2.28. The van der Waals surface area contributed by atoms with Crippen molar-refractivity contribution in [1.82, 2.24) is 10.3 Å². The summed E-state index contributed by atoms with van der Waals surface area (Å²) in [5.41, 5.74) is 0.553. The second-order valence-corrected chi connectivity index (χ2v) is 5.73. The molecule has 0 spiro atoms. The average molecular weight is 294 g/mol. The minimum absolute atomic E-state index is 0.0627. The van der Waals surface area contributed by atoms with Crippen molar-refractivity contribution >= 4 is 23.6 Å². The molecule has 1 aromatic heterocycles. The Bertz CT molecular complexity index is 507. The Kier molecular flexibility index (Phi) is 5.00. The van der Waals surface area contributed by atoms with Crippen LogP contribution in [0.25, 0.3) is 0 Å². The summed E-state index contributed by atoms with van der Waals surface area (Å²) in [6.07, 6.45) is 6.42. The van der Waals surface area contributed by atoms with Gasteiger partial charge in [-0.1, -0.05) is 6.42 Å². The Labute approximate surface area is 122 Å². The van der Waals surface area contributed by atoms with Crippen LogP contribution in [0.2, 0.25) is 0 Å². The van der Waals surface area contributed by atoms with E-state index in [1.165, 1.54) is 11.8 Å². The van der Waals surface area contributed by atoms with E-state index in [9.17, 15) is 9.59 Å². The first kappa shape index (κ1) is 14.8. The quantitative estimate of drug-likeness (QED) is 0.832. The van der Waals surface area contributed by atoms with Crippen LogP contribution >= 0.6 is 11.8 Å². The number of aromatic nitrogens is 1. The number of nitrogens with zero attached hydrogens (tertiary/aromatic N) is 1. The number of carboxylic acid groups (broad SMARTS) is 1. The van der Waals surface area contributed by atoms with Gasteiger partial charge in [-0.2, -0.15) is 0 Å². The molecule has 2 rings (SSSR count). The molecule has 20 heavy (non-hydrogen) atoms. The maximum Gasteiger partial charge on any atom is 0.306 e. The Balaban J connectivity index is 2.02. The zero-order valence-corrected chi connectivity index (χ0v) is 12.2. The van der Waals surface area contributed by atoms with Crippen LogP contribution in [0.4, 0.5) is 0 Å². The summed E-state index contributed by atoms with van der Waals surface area (Å²) in [7, 11) is 0. The van der Waals surface area contributed by atoms with Crippen LogP contribution in [0.15, 0.2) is 23.4 Å². The minimum Gasteiger partial charge on any atom is -0.481 e. The molecule has 1 aliphatic carbocycles. The van der Waals surface area contributed by atoms with Gasteiger partial charge in [0, 0.05) is 12.2 Å². The molecular formula is C14H18N2O3S. The van der Waals surface area contributed by atoms with Gasteiger partial charge in [-0.05, 0) is 37.7 Å². The van der Waals surface area contributed by atoms with Crippen molar-refractivity contribution in [2.45, 2.75) is 36.8 Å². The van der Waals surface area contributed by atoms with Gasteiger partial charge in [0.15, 0.2) is 0 Å². The lowest BCUT2D eigenvalue weighted by molar-refractivity contribution is -0.143. The Morgan fingerprint density at radius 3 is 2.95 bits per heavy atom. The van der Waals surface area contributed by atoms with Gasteiger partial charge in [-0.3, -0.25) is 9.59 Å². The highest BCUT2D eigenvalue weighted by molar-refractivity contribution is 7.98. The number of amides is 1. The van der Waals surface area contributed by atoms with E-state index >= 15 is 0 Å². The molecule has 0 aliphatic heterocycles. The van der Waals surface area contributed by atoms with E-state index in [1.807, 2.05) is 6.26 Å². The van der Waals surface area contributed by atoms with Crippen LogP contribution in [0.3, 0.4) is 0 Å². The number of carbonyl (C=O) groups excluding carboxylic acids is 1. The molecule has 1 heterocycles. The summed E-state index contributed by atoms with van der Waals surface area (Å²) in [5, 5.41) is 12.7. The second-order valence-electron chi connectivity index (χ2n) is 4.93. The molecule has 0 radical (unpaired) electrons. The van der Waals surface area contributed by atoms with Gasteiger partial charge in [0.2, 0.25) is 0 Å². The number of carbonyl (C=O) groups is 2. The predicted octanol–water partition coefficient (Wildman–Crippen LogP) is 2.18. The number of nitrogens with one attached hydrogen (secondary N) is 1. The van der Waals surface area contributed by atoms with Gasteiger partial charge in [0.05, 0.1) is 11.5 Å². The highest BCUT2D eigenvalue weighted by Crippen LogP contribution is 2.25. The predicted molar refractivity (Wildman–Crippen MR) is 76.9 cm³/mol. The largest absolute Gasteiger partial charge is 0.481 e. The lowest BCUT2D eigenvalue weighted by atomic mass is 9.85. The first-order valence-electron chi connectivity index (χ1n) is 6.64. The average Bonchev–Trinajstić information content (AvgIpc) is 2.47. The lowest BCUT2D eigenvalue weighted by Crippen LogP contribution is -2.40. The number of thioether (sulfide) groups is 1. The third-order valence-electron chi connectivity index (χ3n) is 3.57. The van der Waals surface area contributed by atoms with E-state index in [4.69, 9.17) is 5.11 Å². The number of hydrogen-bond donors (Lipinski definition) is 2. The van der Waals surface area contributed by atoms with Gasteiger partial charge >= 0.3 is 5.97 Å². The number of aliphatic carboxylic acids is 1. The lowest BCUT2D eigenvalue weighted by Gasteiger charge is -2.27. The van der Waals surface area contributed by atoms with Gasteiger partial charge in [-0.15, -0.1) is 11.8 Å². The number of pyridine rings is 1. The smallest absolute Gasteiger partial charge is 0.306 e. The normalized spacial score (nSPS) is 22.2. The third-order valence-corrected chi connectivity index (χ3v) is 4.28. The minimum atomic E-state index is -0.768. The third kappa shape index (κ3) is 3.50. The maximum atomic E-state index is 12.3. The fourth-order valence-corrected chi connectivity index (χ4v) is 3.08. The summed E-state index contributed by atoms with van der Waals surface area (Å²) in [4.78, 5) is 27.4. The zero-order valence-electron chi connectivity index (χ0n) is 11.3. The van der Waals surface area contributed by atoms with E-state index < -0.39 is 5.97 Å². The van der Waals surface area contributed by atoms with Crippen molar-refractivity contribution < 1.29 is 14.7 Å². The number of rotatable bonds is 4. The Hall–Kier alpha value is -1.56. The molecule has 1 aromatic rings. The van der Waals surface area contributed by atoms with Crippen molar-refractivity contribution in [3.8, 4) is 0 Å². The summed E-state index contributed by atoms with van der Waals surface area (Å²) >= 11 is 1.43. The molecule has 2 atom stereocenters. The second kappa shape index (κ2) is 6.74.